The van der Waals surface area contributed by atoms with Gasteiger partial charge in [0.1, 0.15) is 24.2 Å². The second-order valence-electron chi connectivity index (χ2n) is 16.4. The average molecular weight is 777 g/mol. The van der Waals surface area contributed by atoms with Gasteiger partial charge in [-0.25, -0.2) is 19.6 Å². The number of methoxy groups -OCH3 is 2. The van der Waals surface area contributed by atoms with E-state index >= 15 is 0 Å². The summed E-state index contributed by atoms with van der Waals surface area (Å²) in [6.45, 7) is 7.04. The van der Waals surface area contributed by atoms with Crippen LogP contribution in [0.15, 0.2) is 48.8 Å². The maximum atomic E-state index is 13.6. The quantitative estimate of drug-likeness (QED) is 0.136. The molecule has 4 aliphatic rings. The first-order chi connectivity index (χ1) is 27.5. The molecule has 4 heterocycles. The molecule has 2 aliphatic carbocycles. The number of likely N-dealkylation sites (tertiary alicyclic amines) is 2. The first kappa shape index (κ1) is 38.2. The van der Waals surface area contributed by atoms with E-state index < -0.39 is 18.2 Å². The molecule has 2 aromatic carbocycles. The average Bonchev–Trinajstić information content (AvgIpc) is 4.08. The predicted octanol–water partition coefficient (Wildman–Crippen LogP) is 6.81. The first-order valence-electron chi connectivity index (χ1n) is 20.2. The van der Waals surface area contributed by atoms with E-state index in [1.807, 2.05) is 36.0 Å². The van der Waals surface area contributed by atoms with Gasteiger partial charge in [0.15, 0.2) is 0 Å². The highest BCUT2D eigenvalue weighted by atomic mass is 16.5. The minimum absolute atomic E-state index is 0.102. The number of carbonyl (C=O) groups excluding carboxylic acids is 4. The van der Waals surface area contributed by atoms with Crippen molar-refractivity contribution in [1.29, 1.82) is 0 Å². The number of amides is 4. The Balaban J connectivity index is 1.01. The molecule has 2 bridgehead atoms. The van der Waals surface area contributed by atoms with Crippen LogP contribution < -0.4 is 10.6 Å². The minimum Gasteiger partial charge on any atom is -0.453 e. The van der Waals surface area contributed by atoms with E-state index in [9.17, 15) is 19.2 Å². The standard InChI is InChI=1S/C43H52N8O6/c1-23(2)38(49-43(55)57-5)41(53)50-16-6-7-33(50)39-44-19-31(47-39)26-10-8-25(9-11-26)29-14-15-30(37-28-13-12-27(18-28)36(29)37)32-20-45-40(48-32)34-17-24(3)22-51(34)35(52)21-46-42(54)56-4/h8-11,14-15,19-20,23-24,27-28,33-34,38H,6-7,12-13,16-18,21-22H2,1-5H3,(H,44,47)(H,45,48)(H,46,54)(H,49,55)/t24?,27?,28?,33-,34?,38?/m0/s1. The highest BCUT2D eigenvalue weighted by molar-refractivity contribution is 5.87. The number of hydrogen-bond acceptors (Lipinski definition) is 8. The van der Waals surface area contributed by atoms with Crippen LogP contribution >= 0.6 is 0 Å². The summed E-state index contributed by atoms with van der Waals surface area (Å²) < 4.78 is 9.43. The number of H-pyrrole nitrogens is 2. The summed E-state index contributed by atoms with van der Waals surface area (Å²) in [5.74, 6) is 2.43. The molecule has 0 spiro atoms. The number of imidazole rings is 2. The number of carbonyl (C=O) groups is 4. The molecule has 2 saturated heterocycles. The molecule has 6 atom stereocenters. The Morgan fingerprint density at radius 2 is 1.42 bits per heavy atom. The van der Waals surface area contributed by atoms with Crippen molar-refractivity contribution in [1.82, 2.24) is 40.4 Å². The van der Waals surface area contributed by atoms with E-state index in [2.05, 4.69) is 68.7 Å². The molecule has 8 rings (SSSR count). The maximum Gasteiger partial charge on any atom is 0.407 e. The van der Waals surface area contributed by atoms with Gasteiger partial charge in [-0.15, -0.1) is 0 Å². The molecule has 2 aromatic heterocycles. The fraction of sp³-hybridized carbons (Fsp3) is 0.488. The van der Waals surface area contributed by atoms with Gasteiger partial charge in [-0.1, -0.05) is 57.2 Å². The van der Waals surface area contributed by atoms with E-state index in [4.69, 9.17) is 14.7 Å². The molecular formula is C43H52N8O6. The third-order valence-electron chi connectivity index (χ3n) is 12.5. The summed E-state index contributed by atoms with van der Waals surface area (Å²) in [5, 5.41) is 5.23. The van der Waals surface area contributed by atoms with Crippen molar-refractivity contribution in [3.8, 4) is 33.6 Å². The first-order valence-corrected chi connectivity index (χ1v) is 20.2. The van der Waals surface area contributed by atoms with Gasteiger partial charge in [0.25, 0.3) is 0 Å². The molecule has 14 heteroatoms. The van der Waals surface area contributed by atoms with E-state index in [-0.39, 0.29) is 36.4 Å². The molecule has 1 saturated carbocycles. The van der Waals surface area contributed by atoms with E-state index in [1.165, 1.54) is 54.9 Å². The summed E-state index contributed by atoms with van der Waals surface area (Å²) in [6, 6.07) is 12.0. The number of rotatable bonds is 10. The van der Waals surface area contributed by atoms with Crippen molar-refractivity contribution in [3.05, 3.63) is 71.6 Å². The molecule has 2 aliphatic heterocycles. The van der Waals surface area contributed by atoms with Crippen molar-refractivity contribution >= 4 is 24.0 Å². The van der Waals surface area contributed by atoms with Crippen LogP contribution in [-0.4, -0.2) is 93.6 Å². The highest BCUT2D eigenvalue weighted by Crippen LogP contribution is 2.58. The van der Waals surface area contributed by atoms with Gasteiger partial charge in [0, 0.05) is 18.7 Å². The molecule has 4 N–H and O–H groups in total. The normalized spacial score (nSPS) is 22.8. The van der Waals surface area contributed by atoms with Gasteiger partial charge in [0.05, 0.1) is 50.1 Å². The number of ether oxygens (including phenoxy) is 2. The molecule has 14 nitrogen and oxygen atoms in total. The van der Waals surface area contributed by atoms with Crippen LogP contribution in [0.25, 0.3) is 33.6 Å². The summed E-state index contributed by atoms with van der Waals surface area (Å²) in [7, 11) is 2.58. The van der Waals surface area contributed by atoms with E-state index in [0.29, 0.717) is 30.8 Å². The zero-order chi connectivity index (χ0) is 40.0. The summed E-state index contributed by atoms with van der Waals surface area (Å²) >= 11 is 0. The number of hydrogen-bond donors (Lipinski definition) is 4. The third kappa shape index (κ3) is 7.25. The lowest BCUT2D eigenvalue weighted by atomic mass is 9.82. The second kappa shape index (κ2) is 15.7. The van der Waals surface area contributed by atoms with Gasteiger partial charge >= 0.3 is 12.2 Å². The van der Waals surface area contributed by atoms with Crippen LogP contribution in [-0.2, 0) is 19.1 Å². The van der Waals surface area contributed by atoms with Gasteiger partial charge in [-0.2, -0.15) is 0 Å². The lowest BCUT2D eigenvalue weighted by Gasteiger charge is -2.30. The Bertz CT molecular complexity index is 2160. The summed E-state index contributed by atoms with van der Waals surface area (Å²) in [4.78, 5) is 70.7. The zero-order valence-corrected chi connectivity index (χ0v) is 33.3. The fourth-order valence-corrected chi connectivity index (χ4v) is 9.73. The minimum atomic E-state index is -0.684. The lowest BCUT2D eigenvalue weighted by Crippen LogP contribution is -2.51. The highest BCUT2D eigenvalue weighted by Gasteiger charge is 2.42. The summed E-state index contributed by atoms with van der Waals surface area (Å²) in [5.41, 5.74) is 9.31. The largest absolute Gasteiger partial charge is 0.453 e. The SMILES string of the molecule is COC(=O)NCC(=O)N1CC(C)CC1c1ncc(-c2ccc(-c3ccc(-c4cnc([C@@H]5CCCN5C(=O)C(NC(=O)OC)C(C)C)[nH]4)cc3)c3c2C2CCC3C2)[nH]1. The molecule has 4 aromatic rings. The number of nitrogens with zero attached hydrogens (tertiary/aromatic N) is 4. The molecular weight excluding hydrogens is 725 g/mol. The van der Waals surface area contributed by atoms with E-state index in [1.54, 1.807) is 0 Å². The molecule has 57 heavy (non-hydrogen) atoms. The Morgan fingerprint density at radius 1 is 0.789 bits per heavy atom. The van der Waals surface area contributed by atoms with Crippen LogP contribution in [0.4, 0.5) is 9.59 Å². The van der Waals surface area contributed by atoms with Crippen LogP contribution in [0.3, 0.4) is 0 Å². The smallest absolute Gasteiger partial charge is 0.407 e. The van der Waals surface area contributed by atoms with Crippen molar-refractivity contribution in [3.63, 3.8) is 0 Å². The topological polar surface area (TPSA) is 175 Å². The van der Waals surface area contributed by atoms with Crippen molar-refractivity contribution < 1.29 is 28.7 Å². The monoisotopic (exact) mass is 776 g/mol. The Hall–Kier alpha value is -5.66. The van der Waals surface area contributed by atoms with Crippen molar-refractivity contribution in [2.24, 2.45) is 11.8 Å². The van der Waals surface area contributed by atoms with Gasteiger partial charge < -0.3 is 39.9 Å². The number of benzene rings is 2. The van der Waals surface area contributed by atoms with E-state index in [0.717, 1.165) is 54.3 Å². The summed E-state index contributed by atoms with van der Waals surface area (Å²) in [6.07, 6.45) is 8.45. The number of nitrogens with one attached hydrogen (secondary N) is 4. The number of alkyl carbamates (subject to hydrolysis) is 2. The third-order valence-corrected chi connectivity index (χ3v) is 12.5. The number of fused-ring (bicyclic) bond motifs is 5. The Morgan fingerprint density at radius 3 is 2.12 bits per heavy atom. The van der Waals surface area contributed by atoms with Gasteiger partial charge in [-0.05, 0) is 90.0 Å². The van der Waals surface area contributed by atoms with Gasteiger partial charge in [-0.3, -0.25) is 9.59 Å². The van der Waals surface area contributed by atoms with Crippen LogP contribution in [0.1, 0.15) is 106 Å². The van der Waals surface area contributed by atoms with Crippen LogP contribution in [0.2, 0.25) is 0 Å². The Kier molecular flexibility index (Phi) is 10.5. The van der Waals surface area contributed by atoms with Gasteiger partial charge in [0.2, 0.25) is 11.8 Å². The van der Waals surface area contributed by atoms with Crippen molar-refractivity contribution in [2.45, 2.75) is 89.3 Å². The maximum absolute atomic E-state index is 13.6. The molecule has 3 fully saturated rings. The molecule has 4 amide bonds. The zero-order valence-electron chi connectivity index (χ0n) is 33.3. The fourth-order valence-electron chi connectivity index (χ4n) is 9.73. The van der Waals surface area contributed by atoms with Crippen LogP contribution in [0, 0.1) is 11.8 Å². The van der Waals surface area contributed by atoms with Crippen LogP contribution in [0.5, 0.6) is 0 Å². The lowest BCUT2D eigenvalue weighted by molar-refractivity contribution is -0.135. The predicted molar refractivity (Wildman–Crippen MR) is 213 cm³/mol. The number of aromatic amines is 2. The molecule has 0 radical (unpaired) electrons. The molecule has 5 unspecified atom stereocenters. The number of aromatic nitrogens is 4. The second-order valence-corrected chi connectivity index (χ2v) is 16.4. The Labute approximate surface area is 332 Å². The molecule has 300 valence electrons. The van der Waals surface area contributed by atoms with Crippen molar-refractivity contribution in [2.75, 3.05) is 33.9 Å².